The van der Waals surface area contributed by atoms with Crippen LogP contribution < -0.4 is 16.2 Å². The number of aromatic amines is 1. The molecule has 0 bridgehead atoms. The minimum atomic E-state index is -0.257. The second-order valence-electron chi connectivity index (χ2n) is 7.35. The Kier molecular flexibility index (Phi) is 4.63. The highest BCUT2D eigenvalue weighted by Gasteiger charge is 2.25. The summed E-state index contributed by atoms with van der Waals surface area (Å²) in [6, 6.07) is 2.09. The van der Waals surface area contributed by atoms with Gasteiger partial charge in [0.25, 0.3) is 11.5 Å². The van der Waals surface area contributed by atoms with Crippen LogP contribution >= 0.6 is 0 Å². The fourth-order valence-corrected chi connectivity index (χ4v) is 4.09. The van der Waals surface area contributed by atoms with E-state index in [0.29, 0.717) is 0 Å². The number of aryl methyl sites for hydroxylation is 2. The molecule has 7 heteroatoms. The molecule has 0 aromatic carbocycles. The van der Waals surface area contributed by atoms with Crippen molar-refractivity contribution < 1.29 is 4.79 Å². The zero-order valence-corrected chi connectivity index (χ0v) is 15.0. The zero-order valence-electron chi connectivity index (χ0n) is 15.0. The number of carbonyl (C=O) groups excluding carboxylic acids is 1. The van der Waals surface area contributed by atoms with Gasteiger partial charge in [-0.15, -0.1) is 0 Å². The van der Waals surface area contributed by atoms with E-state index in [1.165, 1.54) is 0 Å². The molecule has 1 aliphatic carbocycles. The maximum atomic E-state index is 13.0. The highest BCUT2D eigenvalue weighted by Crippen LogP contribution is 2.20. The Balaban J connectivity index is 1.55. The summed E-state index contributed by atoms with van der Waals surface area (Å²) in [5.41, 5.74) is 3.15. The molecule has 0 saturated carbocycles. The Bertz CT molecular complexity index is 863. The van der Waals surface area contributed by atoms with Gasteiger partial charge in [0.15, 0.2) is 0 Å². The Labute approximate surface area is 152 Å². The highest BCUT2D eigenvalue weighted by molar-refractivity contribution is 5.95. The second-order valence-corrected chi connectivity index (χ2v) is 7.35. The number of pyridine rings is 1. The predicted molar refractivity (Wildman–Crippen MR) is 98.4 cm³/mol. The third-order valence-corrected chi connectivity index (χ3v) is 5.61. The summed E-state index contributed by atoms with van der Waals surface area (Å²) in [6.07, 6.45) is 7.97. The van der Waals surface area contributed by atoms with Crippen molar-refractivity contribution in [3.8, 4) is 0 Å². The molecule has 1 fully saturated rings. The molecule has 1 amide bonds. The summed E-state index contributed by atoms with van der Waals surface area (Å²) in [4.78, 5) is 25.9. The van der Waals surface area contributed by atoms with E-state index >= 15 is 0 Å². The van der Waals surface area contributed by atoms with Crippen LogP contribution in [0.25, 0.3) is 0 Å². The van der Waals surface area contributed by atoms with Gasteiger partial charge in [-0.2, -0.15) is 5.10 Å². The second kappa shape index (κ2) is 7.07. The lowest BCUT2D eigenvalue weighted by Crippen LogP contribution is -2.43. The Morgan fingerprint density at radius 1 is 1.31 bits per heavy atom. The molecular formula is C19H25N5O2. The third-order valence-electron chi connectivity index (χ3n) is 5.61. The monoisotopic (exact) mass is 355 g/mol. The molecule has 0 radical (unpaired) electrons. The van der Waals surface area contributed by atoms with Crippen molar-refractivity contribution in [1.82, 2.24) is 25.4 Å². The summed E-state index contributed by atoms with van der Waals surface area (Å²) in [7, 11) is 0. The summed E-state index contributed by atoms with van der Waals surface area (Å²) in [5.74, 6) is -0.257. The van der Waals surface area contributed by atoms with Crippen LogP contribution in [0.2, 0.25) is 0 Å². The van der Waals surface area contributed by atoms with Crippen LogP contribution in [0.4, 0.5) is 0 Å². The van der Waals surface area contributed by atoms with Gasteiger partial charge >= 0.3 is 0 Å². The Hall–Kier alpha value is -2.41. The van der Waals surface area contributed by atoms with Crippen molar-refractivity contribution in [2.75, 3.05) is 13.1 Å². The van der Waals surface area contributed by atoms with Crippen LogP contribution in [-0.4, -0.2) is 39.8 Å². The number of piperidine rings is 1. The number of H-pyrrole nitrogens is 1. The van der Waals surface area contributed by atoms with E-state index in [9.17, 15) is 9.59 Å². The van der Waals surface area contributed by atoms with Gasteiger partial charge in [0.1, 0.15) is 5.56 Å². The lowest BCUT2D eigenvalue weighted by Gasteiger charge is -2.26. The molecule has 3 heterocycles. The molecule has 1 saturated heterocycles. The maximum Gasteiger partial charge on any atom is 0.263 e. The first-order chi connectivity index (χ1) is 12.6. The summed E-state index contributed by atoms with van der Waals surface area (Å²) in [5, 5.41) is 13.5. The van der Waals surface area contributed by atoms with Gasteiger partial charge in [0, 0.05) is 24.0 Å². The summed E-state index contributed by atoms with van der Waals surface area (Å²) >= 11 is 0. The maximum absolute atomic E-state index is 13.0. The molecule has 138 valence electrons. The normalized spacial score (nSPS) is 20.6. The van der Waals surface area contributed by atoms with Gasteiger partial charge in [-0.25, -0.2) is 0 Å². The molecule has 4 rings (SSSR count). The summed E-state index contributed by atoms with van der Waals surface area (Å²) < 4.78 is 1.75. The van der Waals surface area contributed by atoms with Crippen LogP contribution in [0.15, 0.2) is 23.3 Å². The molecule has 2 aromatic heterocycles. The minimum Gasteiger partial charge on any atom is -0.349 e. The van der Waals surface area contributed by atoms with E-state index in [0.717, 1.165) is 62.0 Å². The van der Waals surface area contributed by atoms with Gasteiger partial charge in [-0.05, 0) is 69.3 Å². The van der Waals surface area contributed by atoms with Crippen molar-refractivity contribution in [2.45, 2.75) is 51.1 Å². The van der Waals surface area contributed by atoms with Crippen molar-refractivity contribution in [3.63, 3.8) is 0 Å². The lowest BCUT2D eigenvalue weighted by molar-refractivity contribution is 0.0930. The van der Waals surface area contributed by atoms with Crippen molar-refractivity contribution in [3.05, 3.63) is 51.2 Å². The molecule has 1 unspecified atom stereocenters. The van der Waals surface area contributed by atoms with Crippen molar-refractivity contribution in [2.24, 2.45) is 0 Å². The first-order valence-corrected chi connectivity index (χ1v) is 9.38. The van der Waals surface area contributed by atoms with E-state index in [-0.39, 0.29) is 29.1 Å². The fourth-order valence-electron chi connectivity index (χ4n) is 4.09. The van der Waals surface area contributed by atoms with Crippen molar-refractivity contribution >= 4 is 5.91 Å². The number of rotatable bonds is 3. The molecule has 2 aromatic rings. The number of fused-ring (bicyclic) bond motifs is 1. The quantitative estimate of drug-likeness (QED) is 0.769. The first-order valence-electron chi connectivity index (χ1n) is 9.38. The molecular weight excluding hydrogens is 330 g/mol. The van der Waals surface area contributed by atoms with E-state index in [2.05, 4.69) is 20.8 Å². The Morgan fingerprint density at radius 3 is 2.92 bits per heavy atom. The SMILES string of the molecule is Cc1ccn(C2CCNCC2)c(=O)c1C(=O)NC1CCc2[nH]ncc2C1. The van der Waals surface area contributed by atoms with Gasteiger partial charge < -0.3 is 15.2 Å². The number of hydrogen-bond acceptors (Lipinski definition) is 4. The first kappa shape index (κ1) is 17.0. The highest BCUT2D eigenvalue weighted by atomic mass is 16.2. The number of hydrogen-bond donors (Lipinski definition) is 3. The molecule has 26 heavy (non-hydrogen) atoms. The van der Waals surface area contributed by atoms with Gasteiger partial charge in [0.05, 0.1) is 6.20 Å². The van der Waals surface area contributed by atoms with Gasteiger partial charge in [0.2, 0.25) is 0 Å². The average Bonchev–Trinajstić information content (AvgIpc) is 3.10. The third kappa shape index (κ3) is 3.19. The predicted octanol–water partition coefficient (Wildman–Crippen LogP) is 1.09. The van der Waals surface area contributed by atoms with Gasteiger partial charge in [-0.1, -0.05) is 0 Å². The fraction of sp³-hybridized carbons (Fsp3) is 0.526. The van der Waals surface area contributed by atoms with E-state index in [1.54, 1.807) is 4.57 Å². The Morgan fingerprint density at radius 2 is 2.12 bits per heavy atom. The largest absolute Gasteiger partial charge is 0.349 e. The minimum absolute atomic E-state index is 0.0407. The molecule has 7 nitrogen and oxygen atoms in total. The number of amides is 1. The molecule has 3 N–H and O–H groups in total. The average molecular weight is 355 g/mol. The van der Waals surface area contributed by atoms with E-state index < -0.39 is 0 Å². The van der Waals surface area contributed by atoms with Crippen molar-refractivity contribution in [1.29, 1.82) is 0 Å². The molecule has 0 spiro atoms. The summed E-state index contributed by atoms with van der Waals surface area (Å²) in [6.45, 7) is 3.64. The lowest BCUT2D eigenvalue weighted by atomic mass is 9.93. The van der Waals surface area contributed by atoms with Crippen LogP contribution in [0.3, 0.4) is 0 Å². The standard InChI is InChI=1S/C19H25N5O2/c1-12-6-9-24(15-4-7-20-8-5-15)19(26)17(12)18(25)22-14-2-3-16-13(10-14)11-21-23-16/h6,9,11,14-15,20H,2-5,7-8,10H2,1H3,(H,21,23)(H,22,25). The number of aromatic nitrogens is 3. The number of carbonyl (C=O) groups is 1. The number of nitrogens with one attached hydrogen (secondary N) is 3. The van der Waals surface area contributed by atoms with E-state index in [4.69, 9.17) is 0 Å². The van der Waals surface area contributed by atoms with Crippen LogP contribution in [-0.2, 0) is 12.8 Å². The van der Waals surface area contributed by atoms with Crippen LogP contribution in [0, 0.1) is 6.92 Å². The zero-order chi connectivity index (χ0) is 18.1. The van der Waals surface area contributed by atoms with E-state index in [1.807, 2.05) is 25.4 Å². The molecule has 1 atom stereocenters. The van der Waals surface area contributed by atoms with Crippen LogP contribution in [0.5, 0.6) is 0 Å². The van der Waals surface area contributed by atoms with Gasteiger partial charge in [-0.3, -0.25) is 14.7 Å². The van der Waals surface area contributed by atoms with Crippen LogP contribution in [0.1, 0.15) is 52.5 Å². The topological polar surface area (TPSA) is 91.8 Å². The number of nitrogens with zero attached hydrogens (tertiary/aromatic N) is 2. The molecule has 1 aliphatic heterocycles. The molecule has 2 aliphatic rings. The smallest absolute Gasteiger partial charge is 0.263 e.